The lowest BCUT2D eigenvalue weighted by Crippen LogP contribution is -2.50. The molecule has 5 aromatic rings. The maximum absolute atomic E-state index is 14.1. The molecule has 49 heavy (non-hydrogen) atoms. The number of carbonyl (C=O) groups excluding carboxylic acids is 2. The van der Waals surface area contributed by atoms with Crippen molar-refractivity contribution in [1.82, 2.24) is 20.5 Å². The van der Waals surface area contributed by atoms with Crippen LogP contribution in [-0.4, -0.2) is 60.0 Å². The van der Waals surface area contributed by atoms with Crippen LogP contribution >= 0.6 is 0 Å². The van der Waals surface area contributed by atoms with Gasteiger partial charge in [-0.15, -0.1) is 0 Å². The van der Waals surface area contributed by atoms with Gasteiger partial charge in [-0.05, 0) is 87.4 Å². The Morgan fingerprint density at radius 3 is 2.10 bits per heavy atom. The van der Waals surface area contributed by atoms with Gasteiger partial charge in [-0.3, -0.25) is 14.5 Å². The number of para-hydroxylation sites is 1. The number of benzene rings is 4. The Balaban J connectivity index is 1.38. The van der Waals surface area contributed by atoms with Gasteiger partial charge >= 0.3 is 0 Å². The monoisotopic (exact) mass is 658 g/mol. The number of aromatic nitrogens is 1. The van der Waals surface area contributed by atoms with Crippen molar-refractivity contribution < 1.29 is 19.1 Å². The second-order valence-electron chi connectivity index (χ2n) is 12.7. The molecule has 8 heteroatoms. The molecule has 0 saturated carbocycles. The van der Waals surface area contributed by atoms with Gasteiger partial charge in [0.1, 0.15) is 24.1 Å². The highest BCUT2D eigenvalue weighted by atomic mass is 16.5. The van der Waals surface area contributed by atoms with Crippen molar-refractivity contribution >= 4 is 22.7 Å². The molecule has 2 N–H and O–H groups in total. The number of fused-ring (bicyclic) bond motifs is 1. The largest absolute Gasteiger partial charge is 0.497 e. The highest BCUT2D eigenvalue weighted by molar-refractivity contribution is 6.08. The minimum Gasteiger partial charge on any atom is -0.497 e. The van der Waals surface area contributed by atoms with Crippen molar-refractivity contribution in [3.63, 3.8) is 0 Å². The molecule has 254 valence electrons. The van der Waals surface area contributed by atoms with Crippen LogP contribution in [0.4, 0.5) is 0 Å². The van der Waals surface area contributed by atoms with Crippen LogP contribution in [0.15, 0.2) is 109 Å². The Bertz CT molecular complexity index is 1820. The van der Waals surface area contributed by atoms with Crippen LogP contribution in [0.1, 0.15) is 49.2 Å². The topological polar surface area (TPSA) is 92.8 Å². The smallest absolute Gasteiger partial charge is 0.252 e. The summed E-state index contributed by atoms with van der Waals surface area (Å²) in [7, 11) is 1.62. The fourth-order valence-electron chi connectivity index (χ4n) is 5.96. The van der Waals surface area contributed by atoms with E-state index in [1.807, 2.05) is 103 Å². The second kappa shape index (κ2) is 16.8. The van der Waals surface area contributed by atoms with Crippen molar-refractivity contribution in [2.24, 2.45) is 0 Å². The van der Waals surface area contributed by atoms with E-state index in [4.69, 9.17) is 14.5 Å². The average molecular weight is 659 g/mol. The molecule has 1 atom stereocenters. The molecular weight excluding hydrogens is 612 g/mol. The predicted molar refractivity (Wildman–Crippen MR) is 196 cm³/mol. The highest BCUT2D eigenvalue weighted by Gasteiger charge is 2.24. The Labute approximate surface area is 289 Å². The second-order valence-corrected chi connectivity index (χ2v) is 12.7. The first-order chi connectivity index (χ1) is 23.7. The van der Waals surface area contributed by atoms with Crippen molar-refractivity contribution in [3.05, 3.63) is 126 Å². The Morgan fingerprint density at radius 2 is 1.43 bits per heavy atom. The number of ether oxygens (including phenoxy) is 2. The van der Waals surface area contributed by atoms with E-state index in [0.29, 0.717) is 60.4 Å². The number of nitrogens with one attached hydrogen (secondary N) is 2. The van der Waals surface area contributed by atoms with Gasteiger partial charge in [0.05, 0.1) is 23.9 Å². The van der Waals surface area contributed by atoms with E-state index in [0.717, 1.165) is 28.2 Å². The quantitative estimate of drug-likeness (QED) is 0.125. The molecule has 1 heterocycles. The third kappa shape index (κ3) is 9.45. The average Bonchev–Trinajstić information content (AvgIpc) is 3.12. The van der Waals surface area contributed by atoms with E-state index in [-0.39, 0.29) is 11.8 Å². The van der Waals surface area contributed by atoms with E-state index < -0.39 is 6.04 Å². The van der Waals surface area contributed by atoms with Crippen LogP contribution in [0.2, 0.25) is 0 Å². The van der Waals surface area contributed by atoms with Gasteiger partial charge in [0.15, 0.2) is 0 Å². The number of methoxy groups -OCH3 is 1. The lowest BCUT2D eigenvalue weighted by molar-refractivity contribution is -0.123. The summed E-state index contributed by atoms with van der Waals surface area (Å²) < 4.78 is 11.3. The molecule has 0 bridgehead atoms. The van der Waals surface area contributed by atoms with Gasteiger partial charge in [-0.2, -0.15) is 0 Å². The zero-order chi connectivity index (χ0) is 34.8. The van der Waals surface area contributed by atoms with Crippen molar-refractivity contribution in [2.75, 3.05) is 20.2 Å². The molecular formula is C41H46N4O4. The maximum Gasteiger partial charge on any atom is 0.252 e. The van der Waals surface area contributed by atoms with Gasteiger partial charge < -0.3 is 20.1 Å². The van der Waals surface area contributed by atoms with Crippen LogP contribution in [0.5, 0.6) is 11.5 Å². The van der Waals surface area contributed by atoms with Gasteiger partial charge in [-0.1, -0.05) is 60.7 Å². The number of carbonyl (C=O) groups is 2. The molecule has 1 aromatic heterocycles. The highest BCUT2D eigenvalue weighted by Crippen LogP contribution is 2.27. The van der Waals surface area contributed by atoms with E-state index in [9.17, 15) is 9.59 Å². The third-order valence-electron chi connectivity index (χ3n) is 8.58. The van der Waals surface area contributed by atoms with Crippen LogP contribution in [-0.2, 0) is 17.8 Å². The van der Waals surface area contributed by atoms with Crippen LogP contribution < -0.4 is 20.1 Å². The molecule has 4 aromatic carbocycles. The van der Waals surface area contributed by atoms with Crippen LogP contribution in [0, 0.1) is 0 Å². The predicted octanol–water partition coefficient (Wildman–Crippen LogP) is 7.07. The summed E-state index contributed by atoms with van der Waals surface area (Å²) in [5, 5.41) is 6.87. The molecule has 0 aliphatic rings. The van der Waals surface area contributed by atoms with Gasteiger partial charge in [0, 0.05) is 42.5 Å². The molecule has 0 saturated heterocycles. The Kier molecular flexibility index (Phi) is 12.0. The fourth-order valence-corrected chi connectivity index (χ4v) is 5.96. The molecule has 0 radical (unpaired) electrons. The van der Waals surface area contributed by atoms with E-state index >= 15 is 0 Å². The normalized spacial score (nSPS) is 11.9. The van der Waals surface area contributed by atoms with Crippen LogP contribution in [0.25, 0.3) is 22.2 Å². The molecule has 5 rings (SSSR count). The Morgan fingerprint density at radius 1 is 0.776 bits per heavy atom. The zero-order valence-electron chi connectivity index (χ0n) is 29.0. The molecule has 0 aliphatic heterocycles. The lowest BCUT2D eigenvalue weighted by atomic mass is 10.0. The summed E-state index contributed by atoms with van der Waals surface area (Å²) >= 11 is 0. The van der Waals surface area contributed by atoms with E-state index in [1.54, 1.807) is 13.2 Å². The van der Waals surface area contributed by atoms with E-state index in [2.05, 4.69) is 43.2 Å². The number of hydrogen-bond acceptors (Lipinski definition) is 6. The minimum absolute atomic E-state index is 0.237. The van der Waals surface area contributed by atoms with Crippen molar-refractivity contribution in [2.45, 2.75) is 58.8 Å². The summed E-state index contributed by atoms with van der Waals surface area (Å²) in [4.78, 5) is 35.1. The molecule has 0 spiro atoms. The first kappa shape index (κ1) is 35.1. The molecule has 0 fully saturated rings. The number of pyridine rings is 1. The summed E-state index contributed by atoms with van der Waals surface area (Å²) in [6.45, 7) is 10.2. The molecule has 2 amide bonds. The minimum atomic E-state index is -0.813. The summed E-state index contributed by atoms with van der Waals surface area (Å²) in [5.41, 5.74) is 4.63. The van der Waals surface area contributed by atoms with Crippen molar-refractivity contribution in [3.8, 4) is 22.8 Å². The van der Waals surface area contributed by atoms with Crippen LogP contribution in [0.3, 0.4) is 0 Å². The van der Waals surface area contributed by atoms with Gasteiger partial charge in [0.2, 0.25) is 5.91 Å². The standard InChI is InChI=1S/C41H46N4O4/c1-28(2)45(29(3)4)24-23-42-41(47)39(25-30-15-19-34(20-16-30)49-27-31-11-7-6-8-12-31)44-40(46)36-26-38(32-17-21-33(48-5)22-18-32)43-37-14-10-9-13-35(36)37/h6-22,26,28-29,39H,23-25,27H2,1-5H3,(H,42,47)(H,44,46). The molecule has 0 aliphatic carbocycles. The van der Waals surface area contributed by atoms with Gasteiger partial charge in [-0.25, -0.2) is 4.98 Å². The zero-order valence-corrected chi connectivity index (χ0v) is 29.0. The number of rotatable bonds is 15. The SMILES string of the molecule is COc1ccc(-c2cc(C(=O)NC(Cc3ccc(OCc4ccccc4)cc3)C(=O)NCCN(C(C)C)C(C)C)c3ccccc3n2)cc1. The maximum atomic E-state index is 14.1. The summed E-state index contributed by atoms with van der Waals surface area (Å²) in [6.07, 6.45) is 0.308. The number of amides is 2. The molecule has 8 nitrogen and oxygen atoms in total. The first-order valence-electron chi connectivity index (χ1n) is 16.9. The summed E-state index contributed by atoms with van der Waals surface area (Å²) in [6, 6.07) is 34.4. The Hall–Kier alpha value is -5.21. The first-order valence-corrected chi connectivity index (χ1v) is 16.9. The fraction of sp³-hybridized carbons (Fsp3) is 0.293. The third-order valence-corrected chi connectivity index (χ3v) is 8.58. The van der Waals surface area contributed by atoms with E-state index in [1.165, 1.54) is 0 Å². The van der Waals surface area contributed by atoms with Gasteiger partial charge in [0.25, 0.3) is 5.91 Å². The van der Waals surface area contributed by atoms with Crippen molar-refractivity contribution in [1.29, 1.82) is 0 Å². The number of nitrogens with zero attached hydrogens (tertiary/aromatic N) is 2. The summed E-state index contributed by atoms with van der Waals surface area (Å²) in [5.74, 6) is 0.882. The molecule has 1 unspecified atom stereocenters. The number of hydrogen-bond donors (Lipinski definition) is 2. The lowest BCUT2D eigenvalue weighted by Gasteiger charge is -2.30.